The molecule has 68 valence electrons. The lowest BCUT2D eigenvalue weighted by atomic mass is 9.92. The molecule has 5 heteroatoms. The minimum Gasteiger partial charge on any atom is -0.242 e. The van der Waals surface area contributed by atoms with Crippen molar-refractivity contribution < 1.29 is 0 Å². The van der Waals surface area contributed by atoms with Crippen LogP contribution in [-0.4, -0.2) is 20.2 Å². The Morgan fingerprint density at radius 3 is 2.58 bits per heavy atom. The number of aromatic amines is 1. The van der Waals surface area contributed by atoms with Gasteiger partial charge in [-0.1, -0.05) is 31.1 Å². The highest BCUT2D eigenvalue weighted by Gasteiger charge is 2.10. The summed E-state index contributed by atoms with van der Waals surface area (Å²) in [5.41, 5.74) is 0.319. The van der Waals surface area contributed by atoms with E-state index in [2.05, 4.69) is 36.3 Å². The van der Waals surface area contributed by atoms with Gasteiger partial charge in [0.15, 0.2) is 0 Å². The average Bonchev–Trinajstić information content (AvgIpc) is 2.29. The third-order valence-electron chi connectivity index (χ3n) is 1.62. The van der Waals surface area contributed by atoms with Gasteiger partial charge < -0.3 is 0 Å². The van der Waals surface area contributed by atoms with Crippen LogP contribution >= 0.6 is 12.2 Å². The number of tetrazole rings is 1. The van der Waals surface area contributed by atoms with Crippen molar-refractivity contribution in [1.29, 1.82) is 0 Å². The summed E-state index contributed by atoms with van der Waals surface area (Å²) in [5, 5.41) is 10.0. The van der Waals surface area contributed by atoms with E-state index in [1.807, 2.05) is 0 Å². The van der Waals surface area contributed by atoms with Crippen molar-refractivity contribution in [3.8, 4) is 0 Å². The van der Waals surface area contributed by atoms with Crippen LogP contribution in [0.3, 0.4) is 0 Å². The highest BCUT2D eigenvalue weighted by atomic mass is 32.1. The molecule has 0 amide bonds. The Bertz CT molecular complexity index is 293. The SMILES string of the molecule is CC(C)(C)CCn1[nH]nnc1=S. The van der Waals surface area contributed by atoms with Gasteiger partial charge in [0.25, 0.3) is 0 Å². The van der Waals surface area contributed by atoms with Gasteiger partial charge in [0.2, 0.25) is 4.77 Å². The molecule has 1 N–H and O–H groups in total. The van der Waals surface area contributed by atoms with E-state index in [0.29, 0.717) is 10.2 Å². The fourth-order valence-corrected chi connectivity index (χ4v) is 0.982. The monoisotopic (exact) mass is 186 g/mol. The van der Waals surface area contributed by atoms with E-state index in [9.17, 15) is 0 Å². The van der Waals surface area contributed by atoms with E-state index in [-0.39, 0.29) is 0 Å². The Hall–Kier alpha value is -0.710. The first-order valence-electron chi connectivity index (χ1n) is 3.97. The summed E-state index contributed by atoms with van der Waals surface area (Å²) in [7, 11) is 0. The van der Waals surface area contributed by atoms with Gasteiger partial charge in [0, 0.05) is 6.54 Å². The van der Waals surface area contributed by atoms with Gasteiger partial charge in [-0.2, -0.15) is 5.21 Å². The number of nitrogens with zero attached hydrogens (tertiary/aromatic N) is 3. The standard InChI is InChI=1S/C7H14N4S/c1-7(2,3)4-5-11-6(12)8-9-10-11/h4-5H2,1-3H3,(H,8,10,12). The smallest absolute Gasteiger partial charge is 0.238 e. The number of rotatable bonds is 2. The van der Waals surface area contributed by atoms with Crippen LogP contribution in [0.4, 0.5) is 0 Å². The Morgan fingerprint density at radius 2 is 2.17 bits per heavy atom. The molecule has 12 heavy (non-hydrogen) atoms. The van der Waals surface area contributed by atoms with Gasteiger partial charge in [-0.15, -0.1) is 0 Å². The molecule has 1 aromatic heterocycles. The Balaban J connectivity index is 2.55. The summed E-state index contributed by atoms with van der Waals surface area (Å²) in [6, 6.07) is 0. The Labute approximate surface area is 77.0 Å². The maximum absolute atomic E-state index is 4.93. The summed E-state index contributed by atoms with van der Waals surface area (Å²) in [6.45, 7) is 7.44. The van der Waals surface area contributed by atoms with Crippen molar-refractivity contribution in [2.45, 2.75) is 33.7 Å². The molecule has 0 aliphatic carbocycles. The molecule has 0 aliphatic heterocycles. The lowest BCUT2D eigenvalue weighted by Crippen LogP contribution is -2.11. The number of aryl methyl sites for hydroxylation is 1. The maximum atomic E-state index is 4.93. The summed E-state index contributed by atoms with van der Waals surface area (Å²) < 4.78 is 2.31. The lowest BCUT2D eigenvalue weighted by molar-refractivity contribution is 0.337. The topological polar surface area (TPSA) is 46.5 Å². The van der Waals surface area contributed by atoms with Gasteiger partial charge in [0.05, 0.1) is 0 Å². The largest absolute Gasteiger partial charge is 0.242 e. The first-order chi connectivity index (χ1) is 5.49. The molecule has 0 fully saturated rings. The van der Waals surface area contributed by atoms with E-state index >= 15 is 0 Å². The van der Waals surface area contributed by atoms with Gasteiger partial charge in [-0.05, 0) is 24.1 Å². The first kappa shape index (κ1) is 9.38. The molecule has 1 aromatic rings. The molecule has 1 heterocycles. The second-order valence-corrected chi connectivity index (χ2v) is 4.41. The van der Waals surface area contributed by atoms with Gasteiger partial charge in [-0.25, -0.2) is 4.68 Å². The van der Waals surface area contributed by atoms with Crippen molar-refractivity contribution in [2.24, 2.45) is 5.41 Å². The molecule has 0 bridgehead atoms. The number of nitrogens with one attached hydrogen (secondary N) is 1. The summed E-state index contributed by atoms with van der Waals surface area (Å²) >= 11 is 4.93. The van der Waals surface area contributed by atoms with Crippen molar-refractivity contribution in [3.05, 3.63) is 4.77 Å². The summed E-state index contributed by atoms with van der Waals surface area (Å²) in [6.07, 6.45) is 1.06. The highest BCUT2D eigenvalue weighted by Crippen LogP contribution is 2.18. The molecular formula is C7H14N4S. The quantitative estimate of drug-likeness (QED) is 0.716. The molecular weight excluding hydrogens is 172 g/mol. The van der Waals surface area contributed by atoms with E-state index < -0.39 is 0 Å². The molecule has 0 spiro atoms. The third kappa shape index (κ3) is 2.73. The Morgan fingerprint density at radius 1 is 1.50 bits per heavy atom. The van der Waals surface area contributed by atoms with Gasteiger partial charge in [0.1, 0.15) is 0 Å². The average molecular weight is 186 g/mol. The van der Waals surface area contributed by atoms with Crippen molar-refractivity contribution in [3.63, 3.8) is 0 Å². The zero-order valence-electron chi connectivity index (χ0n) is 7.66. The minimum absolute atomic E-state index is 0.319. The van der Waals surface area contributed by atoms with Crippen LogP contribution in [0.5, 0.6) is 0 Å². The maximum Gasteiger partial charge on any atom is 0.238 e. The summed E-state index contributed by atoms with van der Waals surface area (Å²) in [5.74, 6) is 0. The predicted octanol–water partition coefficient (Wildman–Crippen LogP) is 1.77. The van der Waals surface area contributed by atoms with Crippen molar-refractivity contribution in [1.82, 2.24) is 20.2 Å². The van der Waals surface area contributed by atoms with Crippen molar-refractivity contribution in [2.75, 3.05) is 0 Å². The molecule has 0 radical (unpaired) electrons. The van der Waals surface area contributed by atoms with Crippen LogP contribution in [0.1, 0.15) is 27.2 Å². The molecule has 0 atom stereocenters. The highest BCUT2D eigenvalue weighted by molar-refractivity contribution is 7.71. The second-order valence-electron chi connectivity index (χ2n) is 4.04. The fraction of sp³-hybridized carbons (Fsp3) is 0.857. The molecule has 0 aromatic carbocycles. The van der Waals surface area contributed by atoms with Crippen molar-refractivity contribution >= 4 is 12.2 Å². The molecule has 0 saturated heterocycles. The second kappa shape index (κ2) is 3.35. The van der Waals surface area contributed by atoms with E-state index in [1.54, 1.807) is 4.68 Å². The van der Waals surface area contributed by atoms with Crippen LogP contribution < -0.4 is 0 Å². The number of hydrogen-bond acceptors (Lipinski definition) is 3. The predicted molar refractivity (Wildman–Crippen MR) is 49.3 cm³/mol. The molecule has 4 nitrogen and oxygen atoms in total. The molecule has 0 aliphatic rings. The van der Waals surface area contributed by atoms with Gasteiger partial charge in [-0.3, -0.25) is 0 Å². The van der Waals surface area contributed by atoms with Crippen LogP contribution in [0.15, 0.2) is 0 Å². The number of hydrogen-bond donors (Lipinski definition) is 1. The van der Waals surface area contributed by atoms with E-state index in [0.717, 1.165) is 13.0 Å². The summed E-state index contributed by atoms with van der Waals surface area (Å²) in [4.78, 5) is 0. The van der Waals surface area contributed by atoms with Crippen LogP contribution in [0.25, 0.3) is 0 Å². The minimum atomic E-state index is 0.319. The molecule has 1 rings (SSSR count). The van der Waals surface area contributed by atoms with Crippen LogP contribution in [-0.2, 0) is 6.54 Å². The lowest BCUT2D eigenvalue weighted by Gasteiger charge is -2.17. The zero-order valence-corrected chi connectivity index (χ0v) is 8.48. The normalized spacial score (nSPS) is 11.9. The Kier molecular flexibility index (Phi) is 2.62. The molecule has 0 saturated carbocycles. The van der Waals surface area contributed by atoms with Crippen LogP contribution in [0, 0.1) is 10.2 Å². The number of aromatic nitrogens is 4. The first-order valence-corrected chi connectivity index (χ1v) is 4.38. The fourth-order valence-electron chi connectivity index (χ4n) is 0.809. The van der Waals surface area contributed by atoms with Gasteiger partial charge >= 0.3 is 0 Å². The third-order valence-corrected chi connectivity index (χ3v) is 1.92. The van der Waals surface area contributed by atoms with E-state index in [4.69, 9.17) is 12.2 Å². The molecule has 0 unspecified atom stereocenters. The zero-order chi connectivity index (χ0) is 9.19. The van der Waals surface area contributed by atoms with Crippen LogP contribution in [0.2, 0.25) is 0 Å². The van der Waals surface area contributed by atoms with E-state index in [1.165, 1.54) is 0 Å². The number of H-pyrrole nitrogens is 1.